The largest absolute Gasteiger partial charge is 0.476 e. The summed E-state index contributed by atoms with van der Waals surface area (Å²) >= 11 is 0. The molecular formula is C15H25ClN4O3S. The summed E-state index contributed by atoms with van der Waals surface area (Å²) < 4.78 is 30.1. The highest BCUT2D eigenvalue weighted by Crippen LogP contribution is 2.31. The Kier molecular flexibility index (Phi) is 5.90. The molecule has 0 radical (unpaired) electrons. The van der Waals surface area contributed by atoms with Crippen molar-refractivity contribution in [3.05, 3.63) is 24.0 Å². The van der Waals surface area contributed by atoms with Crippen molar-refractivity contribution in [3.63, 3.8) is 0 Å². The predicted octanol–water partition coefficient (Wildman–Crippen LogP) is 2.14. The summed E-state index contributed by atoms with van der Waals surface area (Å²) in [6.45, 7) is 9.97. The summed E-state index contributed by atoms with van der Waals surface area (Å²) in [5, 5.41) is 9.59. The summed E-state index contributed by atoms with van der Waals surface area (Å²) in [5.41, 5.74) is 0.864. The first-order valence-electron chi connectivity index (χ1n) is 7.36. The number of aromatic nitrogens is 3. The summed E-state index contributed by atoms with van der Waals surface area (Å²) in [5.74, 6) is 0.323. The molecule has 0 saturated carbocycles. The number of imidazole rings is 1. The fourth-order valence-corrected chi connectivity index (χ4v) is 3.51. The fraction of sp³-hybridized carbons (Fsp3) is 0.600. The van der Waals surface area contributed by atoms with Crippen LogP contribution in [0.1, 0.15) is 40.2 Å². The van der Waals surface area contributed by atoms with Gasteiger partial charge in [-0.3, -0.25) is 0 Å². The molecule has 2 heterocycles. The molecule has 7 nitrogen and oxygen atoms in total. The Labute approximate surface area is 149 Å². The molecule has 0 aliphatic carbocycles. The molecule has 136 valence electrons. The van der Waals surface area contributed by atoms with Crippen LogP contribution in [0.25, 0.3) is 5.65 Å². The van der Waals surface area contributed by atoms with Gasteiger partial charge in [-0.2, -0.15) is 0 Å². The Morgan fingerprint density at radius 2 is 1.88 bits per heavy atom. The van der Waals surface area contributed by atoms with Gasteiger partial charge in [-0.15, -0.1) is 17.5 Å². The molecule has 2 N–H and O–H groups in total. The van der Waals surface area contributed by atoms with Gasteiger partial charge in [0.05, 0.1) is 12.4 Å². The first-order chi connectivity index (χ1) is 10.4. The van der Waals surface area contributed by atoms with Gasteiger partial charge in [0.25, 0.3) is 0 Å². The van der Waals surface area contributed by atoms with Gasteiger partial charge in [-0.25, -0.2) is 23.1 Å². The fourth-order valence-electron chi connectivity index (χ4n) is 2.33. The van der Waals surface area contributed by atoms with E-state index in [4.69, 9.17) is 9.88 Å². The first kappa shape index (κ1) is 20.7. The molecule has 0 aliphatic heterocycles. The predicted molar refractivity (Wildman–Crippen MR) is 96.2 cm³/mol. The number of hydrogen-bond acceptors (Lipinski definition) is 5. The van der Waals surface area contributed by atoms with E-state index in [2.05, 4.69) is 30.9 Å². The second-order valence-corrected chi connectivity index (χ2v) is 9.22. The maximum atomic E-state index is 11.3. The maximum absolute atomic E-state index is 11.3. The lowest BCUT2D eigenvalue weighted by Gasteiger charge is -2.26. The normalized spacial score (nSPS) is 12.9. The maximum Gasteiger partial charge on any atom is 0.235 e. The highest BCUT2D eigenvalue weighted by molar-refractivity contribution is 7.89. The molecule has 2 aromatic heterocycles. The van der Waals surface area contributed by atoms with Crippen LogP contribution in [0.3, 0.4) is 0 Å². The highest BCUT2D eigenvalue weighted by atomic mass is 35.5. The number of ether oxygens (including phenoxy) is 1. The van der Waals surface area contributed by atoms with Gasteiger partial charge in [-0.05, 0) is 11.5 Å². The van der Waals surface area contributed by atoms with Crippen LogP contribution in [0.15, 0.2) is 18.5 Å². The second kappa shape index (κ2) is 6.85. The molecule has 2 aromatic rings. The Balaban J connectivity index is 0.00000288. The molecule has 9 heteroatoms. The van der Waals surface area contributed by atoms with Gasteiger partial charge >= 0.3 is 0 Å². The smallest absolute Gasteiger partial charge is 0.235 e. The highest BCUT2D eigenvalue weighted by Gasteiger charge is 2.27. The summed E-state index contributed by atoms with van der Waals surface area (Å²) in [7, 11) is -3.57. The van der Waals surface area contributed by atoms with Crippen molar-refractivity contribution in [3.8, 4) is 5.88 Å². The Bertz CT molecular complexity index is 810. The number of fused-ring (bicyclic) bond motifs is 1. The zero-order chi connectivity index (χ0) is 17.5. The standard InChI is InChI=1S/C15H24N4O3S.ClH/c1-14(2,3)11-8-12-17-6-7-19(12)18-13(11)22-9-15(4,5)10-23(16,20)21;/h6-8H,9-10H2,1-5H3,(H2,16,20,21);1H. The topological polar surface area (TPSA) is 99.6 Å². The van der Waals surface area contributed by atoms with Crippen molar-refractivity contribution >= 4 is 28.1 Å². The molecule has 24 heavy (non-hydrogen) atoms. The zero-order valence-electron chi connectivity index (χ0n) is 14.6. The quantitative estimate of drug-likeness (QED) is 0.861. The minimum atomic E-state index is -3.57. The molecule has 0 amide bonds. The van der Waals surface area contributed by atoms with Crippen LogP contribution >= 0.6 is 12.4 Å². The molecule has 0 unspecified atom stereocenters. The van der Waals surface area contributed by atoms with Crippen molar-refractivity contribution in [2.75, 3.05) is 12.4 Å². The molecule has 0 atom stereocenters. The average Bonchev–Trinajstić information content (AvgIpc) is 2.78. The van der Waals surface area contributed by atoms with Crippen LogP contribution in [0.5, 0.6) is 5.88 Å². The molecule has 0 aliphatic rings. The Morgan fingerprint density at radius 3 is 2.42 bits per heavy atom. The third-order valence-electron chi connectivity index (χ3n) is 3.35. The number of rotatable bonds is 5. The lowest BCUT2D eigenvalue weighted by Crippen LogP contribution is -2.34. The van der Waals surface area contributed by atoms with Crippen molar-refractivity contribution in [2.24, 2.45) is 10.6 Å². The molecule has 0 fully saturated rings. The van der Waals surface area contributed by atoms with Crippen molar-refractivity contribution < 1.29 is 13.2 Å². The molecular weight excluding hydrogens is 352 g/mol. The van der Waals surface area contributed by atoms with Crippen LogP contribution in [0.2, 0.25) is 0 Å². The summed E-state index contributed by atoms with van der Waals surface area (Å²) in [6, 6.07) is 1.94. The lowest BCUT2D eigenvalue weighted by atomic mass is 9.88. The van der Waals surface area contributed by atoms with E-state index >= 15 is 0 Å². The third kappa shape index (κ3) is 5.32. The van der Waals surface area contributed by atoms with Crippen molar-refractivity contribution in [1.29, 1.82) is 0 Å². The number of nitrogens with zero attached hydrogens (tertiary/aromatic N) is 3. The minimum Gasteiger partial charge on any atom is -0.476 e. The van der Waals surface area contributed by atoms with Gasteiger partial charge < -0.3 is 4.74 Å². The number of halogens is 1. The molecule has 2 rings (SSSR count). The summed E-state index contributed by atoms with van der Waals surface area (Å²) in [4.78, 5) is 4.24. The van der Waals surface area contributed by atoms with E-state index in [1.807, 2.05) is 6.07 Å². The van der Waals surface area contributed by atoms with Gasteiger partial charge in [-0.1, -0.05) is 34.6 Å². The van der Waals surface area contributed by atoms with Gasteiger partial charge in [0.1, 0.15) is 0 Å². The van der Waals surface area contributed by atoms with Crippen LogP contribution < -0.4 is 9.88 Å². The van der Waals surface area contributed by atoms with Crippen LogP contribution in [-0.2, 0) is 15.4 Å². The van der Waals surface area contributed by atoms with Crippen LogP contribution in [0.4, 0.5) is 0 Å². The van der Waals surface area contributed by atoms with Gasteiger partial charge in [0, 0.05) is 23.4 Å². The summed E-state index contributed by atoms with van der Waals surface area (Å²) in [6.07, 6.45) is 3.41. The Hall–Kier alpha value is -1.38. The Morgan fingerprint density at radius 1 is 1.25 bits per heavy atom. The first-order valence-corrected chi connectivity index (χ1v) is 9.07. The lowest BCUT2D eigenvalue weighted by molar-refractivity contribution is 0.187. The van der Waals surface area contributed by atoms with Crippen LogP contribution in [-0.4, -0.2) is 35.4 Å². The molecule has 0 spiro atoms. The van der Waals surface area contributed by atoms with E-state index < -0.39 is 15.4 Å². The molecule has 0 bridgehead atoms. The molecule has 0 aromatic carbocycles. The van der Waals surface area contributed by atoms with Crippen molar-refractivity contribution in [1.82, 2.24) is 14.6 Å². The van der Waals surface area contributed by atoms with E-state index in [-0.39, 0.29) is 30.2 Å². The number of primary sulfonamides is 1. The molecule has 0 saturated heterocycles. The third-order valence-corrected chi connectivity index (χ3v) is 4.54. The average molecular weight is 377 g/mol. The monoisotopic (exact) mass is 376 g/mol. The zero-order valence-corrected chi connectivity index (χ0v) is 16.2. The number of sulfonamides is 1. The van der Waals surface area contributed by atoms with Gasteiger partial charge in [0.2, 0.25) is 15.9 Å². The van der Waals surface area contributed by atoms with E-state index in [9.17, 15) is 8.42 Å². The number of nitrogens with two attached hydrogens (primary N) is 1. The number of hydrogen-bond donors (Lipinski definition) is 1. The second-order valence-electron chi connectivity index (χ2n) is 7.60. The van der Waals surface area contributed by atoms with E-state index in [1.165, 1.54) is 0 Å². The van der Waals surface area contributed by atoms with E-state index in [0.717, 1.165) is 11.2 Å². The van der Waals surface area contributed by atoms with E-state index in [1.54, 1.807) is 30.8 Å². The van der Waals surface area contributed by atoms with Gasteiger partial charge in [0.15, 0.2) is 5.65 Å². The van der Waals surface area contributed by atoms with Crippen molar-refractivity contribution in [2.45, 2.75) is 40.0 Å². The van der Waals surface area contributed by atoms with Crippen LogP contribution in [0, 0.1) is 5.41 Å². The SMILES string of the molecule is CC(C)(COc1nn2ccnc2cc1C(C)(C)C)CS(N)(=O)=O.Cl. The minimum absolute atomic E-state index is 0. The van der Waals surface area contributed by atoms with E-state index in [0.29, 0.717) is 5.88 Å².